The van der Waals surface area contributed by atoms with E-state index in [9.17, 15) is 9.90 Å². The number of benzene rings is 2. The van der Waals surface area contributed by atoms with E-state index in [4.69, 9.17) is 16.3 Å². The molecule has 2 aromatic carbocycles. The molecule has 0 radical (unpaired) electrons. The van der Waals surface area contributed by atoms with Crippen molar-refractivity contribution in [3.63, 3.8) is 0 Å². The number of aliphatic hydroxyl groups excluding tert-OH is 1. The van der Waals surface area contributed by atoms with Crippen molar-refractivity contribution in [2.75, 3.05) is 24.5 Å². The smallest absolute Gasteiger partial charge is 0.251 e. The molecule has 3 heterocycles. The second kappa shape index (κ2) is 13.7. The molecule has 3 N–H and O–H groups in total. The average molecular weight is 605 g/mol. The third-order valence-electron chi connectivity index (χ3n) is 8.62. The lowest BCUT2D eigenvalue weighted by atomic mass is 9.88. The lowest BCUT2D eigenvalue weighted by molar-refractivity contribution is 0.0582. The molecule has 43 heavy (non-hydrogen) atoms. The predicted octanol–water partition coefficient (Wildman–Crippen LogP) is 6.13. The number of aromatic nitrogens is 1. The van der Waals surface area contributed by atoms with Crippen molar-refractivity contribution in [1.29, 1.82) is 0 Å². The summed E-state index contributed by atoms with van der Waals surface area (Å²) >= 11 is 6.41. The number of aryl methyl sites for hydroxylation is 1. The molecule has 1 amide bonds. The number of fused-ring (bicyclic) bond motifs is 1. The average Bonchev–Trinajstić information content (AvgIpc) is 2.99. The van der Waals surface area contributed by atoms with Gasteiger partial charge in [0.15, 0.2) is 0 Å². The third-order valence-corrected chi connectivity index (χ3v) is 8.81. The molecular formula is C35H45ClN4O3. The summed E-state index contributed by atoms with van der Waals surface area (Å²) in [7, 11) is 0. The Labute approximate surface area is 261 Å². The number of carbonyl (C=O) groups is 1. The number of rotatable bonds is 10. The number of nitrogens with zero attached hydrogens (tertiary/aromatic N) is 2. The maximum atomic E-state index is 13.7. The Morgan fingerprint density at radius 3 is 2.70 bits per heavy atom. The molecule has 8 heteroatoms. The Morgan fingerprint density at radius 1 is 1.16 bits per heavy atom. The SMILES string of the molecule is CCc1ccc2c(c1)[C@@H](NC[C@H](O)[C@H](Cc1ccccc1)NC(=O)c1cc(Cl)nc(N3CCC[C@H](C)C3)c1)CC(C)(C)O2. The van der Waals surface area contributed by atoms with Crippen molar-refractivity contribution in [2.24, 2.45) is 5.92 Å². The van der Waals surface area contributed by atoms with E-state index in [1.807, 2.05) is 36.4 Å². The highest BCUT2D eigenvalue weighted by Gasteiger charge is 2.34. The van der Waals surface area contributed by atoms with Crippen molar-refractivity contribution in [3.8, 4) is 5.75 Å². The number of halogens is 1. The molecule has 0 aliphatic carbocycles. The minimum atomic E-state index is -0.840. The molecule has 2 aliphatic rings. The number of nitrogens with one attached hydrogen (secondary N) is 2. The van der Waals surface area contributed by atoms with Gasteiger partial charge in [-0.25, -0.2) is 4.98 Å². The summed E-state index contributed by atoms with van der Waals surface area (Å²) < 4.78 is 6.27. The molecule has 1 fully saturated rings. The molecule has 1 aromatic heterocycles. The molecule has 4 atom stereocenters. The Hall–Kier alpha value is -3.13. The highest BCUT2D eigenvalue weighted by Crippen LogP contribution is 2.40. The van der Waals surface area contributed by atoms with Gasteiger partial charge in [-0.15, -0.1) is 0 Å². The van der Waals surface area contributed by atoms with Gasteiger partial charge in [0.2, 0.25) is 0 Å². The summed E-state index contributed by atoms with van der Waals surface area (Å²) in [6.07, 6.45) is 3.63. The molecular weight excluding hydrogens is 560 g/mol. The van der Waals surface area contributed by atoms with E-state index in [1.54, 1.807) is 6.07 Å². The monoisotopic (exact) mass is 604 g/mol. The highest BCUT2D eigenvalue weighted by molar-refractivity contribution is 6.30. The zero-order valence-corrected chi connectivity index (χ0v) is 26.5. The summed E-state index contributed by atoms with van der Waals surface area (Å²) in [6, 6.07) is 19.2. The zero-order chi connectivity index (χ0) is 30.6. The molecule has 5 rings (SSSR count). The fourth-order valence-corrected chi connectivity index (χ4v) is 6.49. The van der Waals surface area contributed by atoms with Crippen molar-refractivity contribution >= 4 is 23.3 Å². The number of piperidine rings is 1. The van der Waals surface area contributed by atoms with Crippen LogP contribution in [0, 0.1) is 5.92 Å². The predicted molar refractivity (Wildman–Crippen MR) is 173 cm³/mol. The van der Waals surface area contributed by atoms with Crippen molar-refractivity contribution in [3.05, 3.63) is 88.1 Å². The standard InChI is InChI=1S/C35H45ClN4O3/c1-5-24-13-14-31-27(16-24)29(20-35(3,4)43-31)37-21-30(41)28(17-25-11-7-6-8-12-25)38-34(42)26-18-32(36)39-33(19-26)40-15-9-10-23(2)22-40/h6-8,11-14,16,18-19,23,28-30,37,41H,5,9-10,15,17,20-22H2,1-4H3,(H,38,42)/t23-,28-,29-,30-/m0/s1. The van der Waals surface area contributed by atoms with Crippen molar-refractivity contribution < 1.29 is 14.6 Å². The molecule has 0 spiro atoms. The minimum absolute atomic E-state index is 0.0153. The fraction of sp³-hybridized carbons (Fsp3) is 0.486. The van der Waals surface area contributed by atoms with Gasteiger partial charge >= 0.3 is 0 Å². The molecule has 1 saturated heterocycles. The second-order valence-electron chi connectivity index (χ2n) is 12.8. The molecule has 2 aliphatic heterocycles. The number of amides is 1. The van der Waals surface area contributed by atoms with Crippen LogP contribution in [-0.2, 0) is 12.8 Å². The Balaban J connectivity index is 1.34. The van der Waals surface area contributed by atoms with Gasteiger partial charge in [0.1, 0.15) is 22.3 Å². The van der Waals surface area contributed by atoms with Gasteiger partial charge < -0.3 is 25.4 Å². The minimum Gasteiger partial charge on any atom is -0.487 e. The molecule has 0 bridgehead atoms. The quantitative estimate of drug-likeness (QED) is 0.242. The van der Waals surface area contributed by atoms with E-state index in [1.165, 1.54) is 12.0 Å². The number of carbonyl (C=O) groups excluding carboxylic acids is 1. The van der Waals surface area contributed by atoms with E-state index in [0.29, 0.717) is 24.4 Å². The largest absolute Gasteiger partial charge is 0.487 e. The number of hydrogen-bond acceptors (Lipinski definition) is 6. The summed E-state index contributed by atoms with van der Waals surface area (Å²) in [5.41, 5.74) is 3.50. The Bertz CT molecular complexity index is 1400. The van der Waals surface area contributed by atoms with Crippen LogP contribution in [0.2, 0.25) is 5.15 Å². The first kappa shape index (κ1) is 31.3. The maximum absolute atomic E-state index is 13.7. The van der Waals surface area contributed by atoms with E-state index in [-0.39, 0.29) is 22.7 Å². The summed E-state index contributed by atoms with van der Waals surface area (Å²) in [5, 5.41) is 18.6. The van der Waals surface area contributed by atoms with Gasteiger partial charge in [0.25, 0.3) is 5.91 Å². The third kappa shape index (κ3) is 8.08. The van der Waals surface area contributed by atoms with E-state index < -0.39 is 12.1 Å². The summed E-state index contributed by atoms with van der Waals surface area (Å²) in [4.78, 5) is 20.4. The molecule has 7 nitrogen and oxygen atoms in total. The Morgan fingerprint density at radius 2 is 1.95 bits per heavy atom. The zero-order valence-electron chi connectivity index (χ0n) is 25.8. The van der Waals surface area contributed by atoms with Crippen LogP contribution in [0.5, 0.6) is 5.75 Å². The van der Waals surface area contributed by atoms with Crippen molar-refractivity contribution in [2.45, 2.75) is 83.6 Å². The van der Waals surface area contributed by atoms with Crippen LogP contribution >= 0.6 is 11.6 Å². The van der Waals surface area contributed by atoms with Gasteiger partial charge in [-0.05, 0) is 74.8 Å². The van der Waals surface area contributed by atoms with Crippen molar-refractivity contribution in [1.82, 2.24) is 15.6 Å². The van der Waals surface area contributed by atoms with Gasteiger partial charge in [-0.2, -0.15) is 0 Å². The molecule has 230 valence electrons. The first-order valence-electron chi connectivity index (χ1n) is 15.6. The van der Waals surface area contributed by atoms with Crippen LogP contribution in [0.3, 0.4) is 0 Å². The van der Waals surface area contributed by atoms with Crippen LogP contribution in [-0.4, -0.2) is 53.4 Å². The van der Waals surface area contributed by atoms with Gasteiger partial charge in [-0.1, -0.05) is 67.9 Å². The van der Waals surface area contributed by atoms with E-state index in [0.717, 1.165) is 55.0 Å². The number of hydrogen-bond donors (Lipinski definition) is 3. The summed E-state index contributed by atoms with van der Waals surface area (Å²) in [5.74, 6) is 1.88. The van der Waals surface area contributed by atoms with Gasteiger partial charge in [0, 0.05) is 43.2 Å². The molecule has 0 unspecified atom stereocenters. The molecule has 3 aromatic rings. The van der Waals surface area contributed by atoms with Gasteiger partial charge in [0.05, 0.1) is 12.1 Å². The van der Waals surface area contributed by atoms with Crippen LogP contribution < -0.4 is 20.3 Å². The first-order chi connectivity index (χ1) is 20.6. The van der Waals surface area contributed by atoms with E-state index in [2.05, 4.69) is 66.4 Å². The normalized spacial score (nSPS) is 20.9. The number of aliphatic hydroxyl groups is 1. The number of pyridine rings is 1. The second-order valence-corrected chi connectivity index (χ2v) is 13.2. The van der Waals surface area contributed by atoms with Crippen LogP contribution in [0.15, 0.2) is 60.7 Å². The lowest BCUT2D eigenvalue weighted by Crippen LogP contribution is -2.50. The topological polar surface area (TPSA) is 86.7 Å². The first-order valence-corrected chi connectivity index (χ1v) is 16.0. The number of anilines is 1. The number of ether oxygens (including phenoxy) is 1. The maximum Gasteiger partial charge on any atom is 0.251 e. The van der Waals surface area contributed by atoms with Crippen LogP contribution in [0.25, 0.3) is 0 Å². The van der Waals surface area contributed by atoms with Crippen LogP contribution in [0.4, 0.5) is 5.82 Å². The highest BCUT2D eigenvalue weighted by atomic mass is 35.5. The van der Waals surface area contributed by atoms with Crippen LogP contribution in [0.1, 0.15) is 80.0 Å². The lowest BCUT2D eigenvalue weighted by Gasteiger charge is -2.39. The fourth-order valence-electron chi connectivity index (χ4n) is 6.29. The Kier molecular flexibility index (Phi) is 9.95. The molecule has 0 saturated carbocycles. The van der Waals surface area contributed by atoms with E-state index >= 15 is 0 Å². The summed E-state index contributed by atoms with van der Waals surface area (Å²) in [6.45, 7) is 10.6. The van der Waals surface area contributed by atoms with Gasteiger partial charge in [-0.3, -0.25) is 4.79 Å².